The number of nitroso groups, excluding NO2 is 1. The summed E-state index contributed by atoms with van der Waals surface area (Å²) in [7, 11) is 0. The lowest BCUT2D eigenvalue weighted by Crippen LogP contribution is -2.21. The van der Waals surface area contributed by atoms with Gasteiger partial charge in [0, 0.05) is 25.4 Å². The number of aromatic nitrogens is 5. The molecular weight excluding hydrogens is 531 g/mol. The molecule has 0 radical (unpaired) electrons. The Balaban J connectivity index is 1.50. The molecule has 4 aromatic rings. The maximum absolute atomic E-state index is 13.0. The molecule has 12 heteroatoms. The third-order valence-corrected chi connectivity index (χ3v) is 6.34. The zero-order valence-electron chi connectivity index (χ0n) is 16.7. The number of rotatable bonds is 7. The van der Waals surface area contributed by atoms with Gasteiger partial charge in [0.05, 0.1) is 19.0 Å². The van der Waals surface area contributed by atoms with Crippen LogP contribution >= 0.6 is 23.0 Å². The van der Waals surface area contributed by atoms with Crippen molar-refractivity contribution in [3.8, 4) is 0 Å². The number of imidazole rings is 2. The number of aliphatic hydroxyl groups is 1. The van der Waals surface area contributed by atoms with Crippen LogP contribution in [-0.4, -0.2) is 47.4 Å². The minimum absolute atomic E-state index is 0.118. The van der Waals surface area contributed by atoms with E-state index in [1.54, 1.807) is 29.1 Å². The number of hydrogen-bond acceptors (Lipinski definition) is 8. The predicted molar refractivity (Wildman–Crippen MR) is 123 cm³/mol. The van der Waals surface area contributed by atoms with Gasteiger partial charge in [0.2, 0.25) is 5.78 Å². The fraction of sp³-hybridized carbons (Fsp3) is 0.350. The van der Waals surface area contributed by atoms with Gasteiger partial charge >= 0.3 is 0 Å². The van der Waals surface area contributed by atoms with E-state index in [0.29, 0.717) is 36.5 Å². The molecule has 1 aliphatic rings. The average molecular weight is 550 g/mol. The molecule has 0 aliphatic carbocycles. The van der Waals surface area contributed by atoms with E-state index in [2.05, 4.69) is 10.2 Å². The van der Waals surface area contributed by atoms with Gasteiger partial charge in [-0.2, -0.15) is 4.98 Å². The zero-order chi connectivity index (χ0) is 22.2. The molecule has 5 rings (SSSR count). The van der Waals surface area contributed by atoms with Gasteiger partial charge in [0.15, 0.2) is 17.4 Å². The van der Waals surface area contributed by atoms with Gasteiger partial charge in [0.1, 0.15) is 34.8 Å². The Morgan fingerprint density at radius 2 is 2.09 bits per heavy atom. The maximum Gasteiger partial charge on any atom is 0.287 e. The molecule has 3 aromatic heterocycles. The number of ether oxygens (including phenoxy) is 1. The van der Waals surface area contributed by atoms with Gasteiger partial charge in [-0.1, -0.05) is 12.1 Å². The molecule has 0 bridgehead atoms. The lowest BCUT2D eigenvalue weighted by molar-refractivity contribution is -0.0381. The highest BCUT2D eigenvalue weighted by Gasteiger charge is 2.38. The molecule has 1 fully saturated rings. The van der Waals surface area contributed by atoms with Crippen LogP contribution in [0.2, 0.25) is 0 Å². The number of aliphatic hydroxyl groups excluding tert-OH is 1. The summed E-state index contributed by atoms with van der Waals surface area (Å²) in [4.78, 5) is 32.6. The van der Waals surface area contributed by atoms with Crippen LogP contribution in [0.3, 0.4) is 0 Å². The van der Waals surface area contributed by atoms with Crippen LogP contribution in [0.5, 0.6) is 0 Å². The number of nitrogens with zero attached hydrogens (tertiary/aromatic N) is 6. The normalized spacial score (nSPS) is 21.0. The van der Waals surface area contributed by atoms with Crippen molar-refractivity contribution >= 4 is 45.6 Å². The van der Waals surface area contributed by atoms with E-state index in [0.717, 1.165) is 5.56 Å². The minimum atomic E-state index is -0.545. The molecule has 1 N–H and O–H groups in total. The van der Waals surface area contributed by atoms with E-state index in [9.17, 15) is 14.8 Å². The van der Waals surface area contributed by atoms with Gasteiger partial charge in [-0.25, -0.2) is 9.38 Å². The van der Waals surface area contributed by atoms with Gasteiger partial charge < -0.3 is 17.5 Å². The van der Waals surface area contributed by atoms with Crippen LogP contribution in [0.25, 0.3) is 16.9 Å². The SMILES string of the molecule is O=Nc1ccc(CCn2ccn3c(=O)c4ncn(C5OC(CO)C[C@H]5OI)c4nc23)cc1. The molecule has 11 nitrogen and oxygen atoms in total. The lowest BCUT2D eigenvalue weighted by atomic mass is 10.1. The Kier molecular flexibility index (Phi) is 5.75. The Hall–Kier alpha value is -2.68. The summed E-state index contributed by atoms with van der Waals surface area (Å²) >= 11 is 1.82. The second kappa shape index (κ2) is 8.69. The Morgan fingerprint density at radius 3 is 2.81 bits per heavy atom. The van der Waals surface area contributed by atoms with E-state index in [4.69, 9.17) is 12.8 Å². The Morgan fingerprint density at radius 1 is 1.28 bits per heavy atom. The van der Waals surface area contributed by atoms with Crippen LogP contribution in [0.1, 0.15) is 18.2 Å². The van der Waals surface area contributed by atoms with E-state index in [1.807, 2.05) is 39.7 Å². The monoisotopic (exact) mass is 550 g/mol. The summed E-state index contributed by atoms with van der Waals surface area (Å²) < 4.78 is 16.5. The first kappa shape index (κ1) is 21.2. The van der Waals surface area contributed by atoms with E-state index in [-0.39, 0.29) is 29.9 Å². The third-order valence-electron chi connectivity index (χ3n) is 5.68. The first-order valence-electron chi connectivity index (χ1n) is 10.0. The first-order chi connectivity index (χ1) is 15.6. The van der Waals surface area contributed by atoms with Crippen molar-refractivity contribution < 1.29 is 12.9 Å². The zero-order valence-corrected chi connectivity index (χ0v) is 18.9. The van der Waals surface area contributed by atoms with Crippen molar-refractivity contribution in [2.24, 2.45) is 5.18 Å². The summed E-state index contributed by atoms with van der Waals surface area (Å²) in [5, 5.41) is 12.4. The largest absolute Gasteiger partial charge is 0.394 e. The van der Waals surface area contributed by atoms with Gasteiger partial charge in [-0.05, 0) is 29.3 Å². The molecular formula is C20H19IN6O5. The quantitative estimate of drug-likeness (QED) is 0.277. The second-order valence-electron chi connectivity index (χ2n) is 7.60. The smallest absolute Gasteiger partial charge is 0.287 e. The van der Waals surface area contributed by atoms with Crippen molar-refractivity contribution in [2.45, 2.75) is 37.8 Å². The third kappa shape index (κ3) is 3.62. The Labute approximate surface area is 195 Å². The average Bonchev–Trinajstić information content (AvgIpc) is 3.54. The summed E-state index contributed by atoms with van der Waals surface area (Å²) in [6.45, 7) is 0.467. The summed E-state index contributed by atoms with van der Waals surface area (Å²) in [5.74, 6) is 0.485. The van der Waals surface area contributed by atoms with Crippen molar-refractivity contribution in [3.63, 3.8) is 0 Å². The molecule has 32 heavy (non-hydrogen) atoms. The summed E-state index contributed by atoms with van der Waals surface area (Å²) in [6, 6.07) is 7.06. The molecule has 3 atom stereocenters. The summed E-state index contributed by atoms with van der Waals surface area (Å²) in [5.41, 5.74) is 1.79. The highest BCUT2D eigenvalue weighted by atomic mass is 127. The van der Waals surface area contributed by atoms with Gasteiger partial charge in [0.25, 0.3) is 5.56 Å². The standard InChI is InChI=1S/C20H19IN6O5/c21-32-15-9-14(10-28)31-19(15)27-11-22-16-17(27)23-20-25(7-8-26(20)18(16)29)6-5-12-1-3-13(24-30)4-2-12/h1-4,7-8,11,14-15,19,28H,5-6,9-10H2/t14?,15-,19?/m1/s1. The first-order valence-corrected chi connectivity index (χ1v) is 10.9. The van der Waals surface area contributed by atoms with Crippen molar-refractivity contribution in [1.29, 1.82) is 0 Å². The molecule has 0 amide bonds. The molecule has 4 heterocycles. The molecule has 1 saturated heterocycles. The van der Waals surface area contributed by atoms with Gasteiger partial charge in [-0.15, -0.1) is 4.91 Å². The fourth-order valence-electron chi connectivity index (χ4n) is 4.01. The molecule has 0 spiro atoms. The topological polar surface area (TPSA) is 125 Å². The molecule has 1 aliphatic heterocycles. The highest BCUT2D eigenvalue weighted by Crippen LogP contribution is 2.33. The van der Waals surface area contributed by atoms with Crippen LogP contribution < -0.4 is 5.56 Å². The second-order valence-corrected chi connectivity index (χ2v) is 8.11. The molecule has 2 unspecified atom stereocenters. The molecule has 166 valence electrons. The molecule has 0 saturated carbocycles. The van der Waals surface area contributed by atoms with Crippen LogP contribution in [-0.2, 0) is 20.8 Å². The van der Waals surface area contributed by atoms with Crippen molar-refractivity contribution in [3.05, 3.63) is 63.8 Å². The highest BCUT2D eigenvalue weighted by molar-refractivity contribution is 14.1. The fourth-order valence-corrected chi connectivity index (χ4v) is 4.47. The van der Waals surface area contributed by atoms with Gasteiger partial charge in [-0.3, -0.25) is 9.36 Å². The number of hydrogen-bond donors (Lipinski definition) is 1. The van der Waals surface area contributed by atoms with Crippen molar-refractivity contribution in [2.75, 3.05) is 6.61 Å². The van der Waals surface area contributed by atoms with E-state index in [1.165, 1.54) is 10.7 Å². The lowest BCUT2D eigenvalue weighted by Gasteiger charge is -2.18. The summed E-state index contributed by atoms with van der Waals surface area (Å²) in [6.07, 6.45) is 5.01. The maximum atomic E-state index is 13.0. The minimum Gasteiger partial charge on any atom is -0.394 e. The number of aryl methyl sites for hydroxylation is 2. The van der Waals surface area contributed by atoms with E-state index < -0.39 is 6.23 Å². The molecule has 1 aromatic carbocycles. The predicted octanol–water partition coefficient (Wildman–Crippen LogP) is 2.50. The van der Waals surface area contributed by atoms with E-state index >= 15 is 0 Å². The number of halogens is 1. The Bertz CT molecular complexity index is 1330. The van der Waals surface area contributed by atoms with Crippen LogP contribution in [0, 0.1) is 4.91 Å². The van der Waals surface area contributed by atoms with Crippen LogP contribution in [0.4, 0.5) is 5.69 Å². The van der Waals surface area contributed by atoms with Crippen LogP contribution in [0.15, 0.2) is 53.0 Å². The number of fused-ring (bicyclic) bond motifs is 2. The van der Waals surface area contributed by atoms with Crippen molar-refractivity contribution in [1.82, 2.24) is 23.5 Å². The number of benzene rings is 1.